The van der Waals surface area contributed by atoms with Crippen molar-refractivity contribution in [3.63, 3.8) is 0 Å². The summed E-state index contributed by atoms with van der Waals surface area (Å²) in [6, 6.07) is 2.91. The Morgan fingerprint density at radius 1 is 1.32 bits per heavy atom. The van der Waals surface area contributed by atoms with Gasteiger partial charge in [-0.15, -0.1) is 21.5 Å². The van der Waals surface area contributed by atoms with Crippen LogP contribution in [0.3, 0.4) is 0 Å². The van der Waals surface area contributed by atoms with E-state index in [1.165, 1.54) is 22.7 Å². The van der Waals surface area contributed by atoms with E-state index in [9.17, 15) is 9.59 Å². The SMILES string of the molecule is CCc1nnc(NC(=O)C(NC(=O)c2cccs2)C(C)C)s1. The molecule has 0 aromatic carbocycles. The topological polar surface area (TPSA) is 84.0 Å². The molecule has 0 aliphatic carbocycles. The summed E-state index contributed by atoms with van der Waals surface area (Å²) in [5.41, 5.74) is 0. The summed E-state index contributed by atoms with van der Waals surface area (Å²) in [6.45, 7) is 5.75. The van der Waals surface area contributed by atoms with Gasteiger partial charge >= 0.3 is 0 Å². The molecule has 2 aromatic heterocycles. The van der Waals surface area contributed by atoms with Crippen LogP contribution in [-0.2, 0) is 11.2 Å². The number of nitrogens with zero attached hydrogens (tertiary/aromatic N) is 2. The van der Waals surface area contributed by atoms with Crippen LogP contribution in [0.5, 0.6) is 0 Å². The van der Waals surface area contributed by atoms with Crippen LogP contribution in [0.25, 0.3) is 0 Å². The van der Waals surface area contributed by atoms with Gasteiger partial charge in [0.15, 0.2) is 0 Å². The van der Waals surface area contributed by atoms with Gasteiger partial charge in [0, 0.05) is 0 Å². The minimum Gasteiger partial charge on any atom is -0.339 e. The van der Waals surface area contributed by atoms with Gasteiger partial charge in [-0.3, -0.25) is 14.9 Å². The van der Waals surface area contributed by atoms with Gasteiger partial charge in [0.1, 0.15) is 11.0 Å². The van der Waals surface area contributed by atoms with Crippen molar-refractivity contribution in [1.82, 2.24) is 15.5 Å². The Morgan fingerprint density at radius 2 is 2.09 bits per heavy atom. The van der Waals surface area contributed by atoms with Gasteiger partial charge in [-0.05, 0) is 23.8 Å². The molecule has 0 saturated heterocycles. The first kappa shape index (κ1) is 16.6. The molecule has 0 bridgehead atoms. The Labute approximate surface area is 137 Å². The average Bonchev–Trinajstić information content (AvgIpc) is 3.14. The van der Waals surface area contributed by atoms with Crippen molar-refractivity contribution in [2.24, 2.45) is 5.92 Å². The number of nitrogens with one attached hydrogen (secondary N) is 2. The third kappa shape index (κ3) is 4.11. The average molecular weight is 338 g/mol. The number of rotatable bonds is 6. The molecular formula is C14H18N4O2S2. The van der Waals surface area contributed by atoms with Gasteiger partial charge in [-0.2, -0.15) is 0 Å². The standard InChI is InChI=1S/C14H18N4O2S2/c1-4-10-17-18-14(22-10)16-13(20)11(8(2)3)15-12(19)9-6-5-7-21-9/h5-8,11H,4H2,1-3H3,(H,15,19)(H,16,18,20). The Balaban J connectivity index is 2.03. The van der Waals surface area contributed by atoms with Gasteiger partial charge in [0.2, 0.25) is 11.0 Å². The van der Waals surface area contributed by atoms with Crippen molar-refractivity contribution in [1.29, 1.82) is 0 Å². The lowest BCUT2D eigenvalue weighted by atomic mass is 10.0. The number of hydrogen-bond donors (Lipinski definition) is 2. The fourth-order valence-corrected chi connectivity index (χ4v) is 3.09. The van der Waals surface area contributed by atoms with Crippen molar-refractivity contribution in [3.05, 3.63) is 27.4 Å². The minimum atomic E-state index is -0.622. The molecule has 2 amide bonds. The molecule has 2 aromatic rings. The highest BCUT2D eigenvalue weighted by Crippen LogP contribution is 2.17. The number of aromatic nitrogens is 2. The smallest absolute Gasteiger partial charge is 0.262 e. The molecule has 2 N–H and O–H groups in total. The van der Waals surface area contributed by atoms with Crippen molar-refractivity contribution in [2.75, 3.05) is 5.32 Å². The van der Waals surface area contributed by atoms with Crippen LogP contribution in [-0.4, -0.2) is 28.1 Å². The lowest BCUT2D eigenvalue weighted by molar-refractivity contribution is -0.118. The fourth-order valence-electron chi connectivity index (χ4n) is 1.79. The fraction of sp³-hybridized carbons (Fsp3) is 0.429. The zero-order chi connectivity index (χ0) is 16.1. The van der Waals surface area contributed by atoms with E-state index in [1.807, 2.05) is 26.2 Å². The summed E-state index contributed by atoms with van der Waals surface area (Å²) in [7, 11) is 0. The summed E-state index contributed by atoms with van der Waals surface area (Å²) in [6.07, 6.45) is 0.774. The second-order valence-corrected chi connectivity index (χ2v) is 7.03. The molecular weight excluding hydrogens is 320 g/mol. The zero-order valence-electron chi connectivity index (χ0n) is 12.6. The van der Waals surface area contributed by atoms with Crippen molar-refractivity contribution >= 4 is 39.6 Å². The van der Waals surface area contributed by atoms with E-state index in [2.05, 4.69) is 20.8 Å². The number of aryl methyl sites for hydroxylation is 1. The molecule has 0 fully saturated rings. The molecule has 118 valence electrons. The number of amides is 2. The highest BCUT2D eigenvalue weighted by Gasteiger charge is 2.25. The van der Waals surface area contributed by atoms with Crippen molar-refractivity contribution in [2.45, 2.75) is 33.2 Å². The van der Waals surface area contributed by atoms with Crippen LogP contribution in [0, 0.1) is 5.92 Å². The van der Waals surface area contributed by atoms with Crippen LogP contribution < -0.4 is 10.6 Å². The molecule has 0 saturated carbocycles. The van der Waals surface area contributed by atoms with E-state index in [1.54, 1.807) is 12.1 Å². The Hall–Kier alpha value is -1.80. The van der Waals surface area contributed by atoms with E-state index >= 15 is 0 Å². The van der Waals surface area contributed by atoms with Crippen LogP contribution in [0.1, 0.15) is 35.5 Å². The number of anilines is 1. The summed E-state index contributed by atoms with van der Waals surface area (Å²) >= 11 is 2.68. The third-order valence-corrected chi connectivity index (χ3v) is 4.83. The molecule has 2 heterocycles. The first-order valence-electron chi connectivity index (χ1n) is 6.98. The molecule has 0 spiro atoms. The minimum absolute atomic E-state index is 0.0394. The first-order valence-corrected chi connectivity index (χ1v) is 8.68. The molecule has 0 aliphatic rings. The van der Waals surface area contributed by atoms with Crippen LogP contribution >= 0.6 is 22.7 Å². The van der Waals surface area contributed by atoms with Gasteiger partial charge in [0.05, 0.1) is 4.88 Å². The van der Waals surface area contributed by atoms with Gasteiger partial charge in [-0.1, -0.05) is 38.2 Å². The van der Waals surface area contributed by atoms with Crippen LogP contribution in [0.15, 0.2) is 17.5 Å². The number of hydrogen-bond acceptors (Lipinski definition) is 6. The van der Waals surface area contributed by atoms with Gasteiger partial charge in [0.25, 0.3) is 5.91 Å². The van der Waals surface area contributed by atoms with Crippen molar-refractivity contribution < 1.29 is 9.59 Å². The molecule has 8 heteroatoms. The molecule has 22 heavy (non-hydrogen) atoms. The summed E-state index contributed by atoms with van der Waals surface area (Å²) in [5, 5.41) is 16.5. The third-order valence-electron chi connectivity index (χ3n) is 2.98. The van der Waals surface area contributed by atoms with Crippen LogP contribution in [0.2, 0.25) is 0 Å². The molecule has 6 nitrogen and oxygen atoms in total. The maximum absolute atomic E-state index is 12.4. The summed E-state index contributed by atoms with van der Waals surface area (Å²) < 4.78 is 0. The normalized spacial score (nSPS) is 12.2. The van der Waals surface area contributed by atoms with Crippen LogP contribution in [0.4, 0.5) is 5.13 Å². The van der Waals surface area contributed by atoms with E-state index in [0.717, 1.165) is 11.4 Å². The molecule has 0 radical (unpaired) electrons. The monoisotopic (exact) mass is 338 g/mol. The molecule has 1 unspecified atom stereocenters. The van der Waals surface area contributed by atoms with Crippen molar-refractivity contribution in [3.8, 4) is 0 Å². The predicted molar refractivity (Wildman–Crippen MR) is 88.3 cm³/mol. The van der Waals surface area contributed by atoms with E-state index in [4.69, 9.17) is 0 Å². The number of carbonyl (C=O) groups excluding carboxylic acids is 2. The van der Waals surface area contributed by atoms with Gasteiger partial charge < -0.3 is 5.32 Å². The Bertz CT molecular complexity index is 637. The van der Waals surface area contributed by atoms with E-state index in [0.29, 0.717) is 10.0 Å². The summed E-state index contributed by atoms with van der Waals surface area (Å²) in [4.78, 5) is 25.1. The first-order chi connectivity index (χ1) is 10.5. The maximum Gasteiger partial charge on any atom is 0.262 e. The molecule has 2 rings (SSSR count). The van der Waals surface area contributed by atoms with E-state index < -0.39 is 6.04 Å². The number of thiophene rings is 1. The van der Waals surface area contributed by atoms with E-state index in [-0.39, 0.29) is 17.7 Å². The molecule has 1 atom stereocenters. The quantitative estimate of drug-likeness (QED) is 0.848. The highest BCUT2D eigenvalue weighted by atomic mass is 32.1. The number of carbonyl (C=O) groups is 2. The molecule has 0 aliphatic heterocycles. The highest BCUT2D eigenvalue weighted by molar-refractivity contribution is 7.15. The lowest BCUT2D eigenvalue weighted by Gasteiger charge is -2.20. The Kier molecular flexibility index (Phi) is 5.62. The van der Waals surface area contributed by atoms with Gasteiger partial charge in [-0.25, -0.2) is 0 Å². The predicted octanol–water partition coefficient (Wildman–Crippen LogP) is 2.56. The second kappa shape index (κ2) is 7.46. The largest absolute Gasteiger partial charge is 0.339 e. The summed E-state index contributed by atoms with van der Waals surface area (Å²) in [5.74, 6) is -0.559. The second-order valence-electron chi connectivity index (χ2n) is 5.02. The zero-order valence-corrected chi connectivity index (χ0v) is 14.3. The lowest BCUT2D eigenvalue weighted by Crippen LogP contribution is -2.46. The Morgan fingerprint density at radius 3 is 2.64 bits per heavy atom. The maximum atomic E-state index is 12.4.